The highest BCUT2D eigenvalue weighted by Gasteiger charge is 2.33. The van der Waals surface area contributed by atoms with Crippen LogP contribution in [-0.4, -0.2) is 58.5 Å². The van der Waals surface area contributed by atoms with Gasteiger partial charge in [-0.2, -0.15) is 0 Å². The van der Waals surface area contributed by atoms with E-state index in [1.807, 2.05) is 0 Å². The molecule has 0 saturated carbocycles. The lowest BCUT2D eigenvalue weighted by atomic mass is 10.1. The molecule has 31 heavy (non-hydrogen) atoms. The summed E-state index contributed by atoms with van der Waals surface area (Å²) in [5, 5.41) is 0.369. The molecule has 0 unspecified atom stereocenters. The van der Waals surface area contributed by atoms with Gasteiger partial charge in [0.15, 0.2) is 11.8 Å². The molecule has 2 aliphatic heterocycles. The molecule has 2 aromatic carbocycles. The van der Waals surface area contributed by atoms with E-state index in [1.165, 1.54) is 26.0 Å². The maximum atomic E-state index is 12.5. The van der Waals surface area contributed by atoms with Crippen molar-refractivity contribution in [3.05, 3.63) is 47.5 Å². The van der Waals surface area contributed by atoms with Gasteiger partial charge in [0.2, 0.25) is 5.78 Å². The molecule has 0 amide bonds. The summed E-state index contributed by atoms with van der Waals surface area (Å²) in [6.45, 7) is -0.147. The second-order valence-electron chi connectivity index (χ2n) is 6.66. The number of rotatable bonds is 6. The van der Waals surface area contributed by atoms with Crippen LogP contribution in [0.4, 0.5) is 5.69 Å². The number of fused-ring (bicyclic) bond motifs is 3. The highest BCUT2D eigenvalue weighted by atomic mass is 32.2. The summed E-state index contributed by atoms with van der Waals surface area (Å²) in [6.07, 6.45) is 0. The van der Waals surface area contributed by atoms with Crippen molar-refractivity contribution in [1.82, 2.24) is 0 Å². The number of thioether (sulfide) groups is 1. The number of ether oxygens (including phenoxy) is 3. The number of benzene rings is 2. The van der Waals surface area contributed by atoms with Gasteiger partial charge in [-0.3, -0.25) is 4.79 Å². The van der Waals surface area contributed by atoms with Gasteiger partial charge in [-0.1, -0.05) is 0 Å². The summed E-state index contributed by atoms with van der Waals surface area (Å²) in [5.74, 6) is -0.280. The van der Waals surface area contributed by atoms with Crippen LogP contribution < -0.4 is 14.4 Å². The normalized spacial score (nSPS) is 16.1. The first-order chi connectivity index (χ1) is 14.8. The number of hydrogen-bond acceptors (Lipinski definition) is 9. The molecule has 0 aliphatic carbocycles. The zero-order valence-corrected chi connectivity index (χ0v) is 18.3. The topological polar surface area (TPSA) is 112 Å². The summed E-state index contributed by atoms with van der Waals surface area (Å²) >= 11 is 1.18. The van der Waals surface area contributed by atoms with Crippen molar-refractivity contribution in [3.63, 3.8) is 0 Å². The first-order valence-electron chi connectivity index (χ1n) is 9.16. The third-order valence-corrected chi connectivity index (χ3v) is 7.06. The predicted octanol–water partition coefficient (Wildman–Crippen LogP) is 2.36. The Labute approximate surface area is 183 Å². The van der Waals surface area contributed by atoms with Gasteiger partial charge in [-0.15, -0.1) is 4.40 Å². The smallest absolute Gasteiger partial charge is 0.338 e. The number of sulfonamides is 1. The fraction of sp³-hybridized carbons (Fsp3) is 0.250. The van der Waals surface area contributed by atoms with Crippen molar-refractivity contribution < 1.29 is 32.2 Å². The molecular formula is C20H18N2O7S2. The van der Waals surface area contributed by atoms with Crippen LogP contribution in [-0.2, 0) is 14.8 Å². The van der Waals surface area contributed by atoms with E-state index in [4.69, 9.17) is 14.2 Å². The van der Waals surface area contributed by atoms with Crippen LogP contribution in [0, 0.1) is 0 Å². The quantitative estimate of drug-likeness (QED) is 0.472. The summed E-state index contributed by atoms with van der Waals surface area (Å²) in [7, 11) is -0.520. The van der Waals surface area contributed by atoms with Gasteiger partial charge in [0.25, 0.3) is 10.0 Å². The van der Waals surface area contributed by atoms with Gasteiger partial charge in [0.05, 0.1) is 36.8 Å². The lowest BCUT2D eigenvalue weighted by Gasteiger charge is -2.22. The maximum Gasteiger partial charge on any atom is 0.338 e. The molecular weight excluding hydrogens is 444 g/mol. The molecule has 0 fully saturated rings. The lowest BCUT2D eigenvalue weighted by molar-refractivity contribution is 0.0473. The number of carbonyl (C=O) groups excluding carboxylic acids is 2. The largest absolute Gasteiger partial charge is 0.497 e. The molecule has 0 spiro atoms. The number of amidine groups is 1. The number of esters is 1. The van der Waals surface area contributed by atoms with Gasteiger partial charge >= 0.3 is 5.97 Å². The first-order valence-corrected chi connectivity index (χ1v) is 11.6. The highest BCUT2D eigenvalue weighted by molar-refractivity contribution is 8.15. The first kappa shape index (κ1) is 21.2. The Bertz CT molecular complexity index is 1210. The van der Waals surface area contributed by atoms with Crippen LogP contribution in [0.3, 0.4) is 0 Å². The second-order valence-corrected chi connectivity index (χ2v) is 9.43. The molecule has 0 aromatic heterocycles. The van der Waals surface area contributed by atoms with Crippen molar-refractivity contribution in [2.75, 3.05) is 38.0 Å². The molecule has 4 rings (SSSR count). The Kier molecular flexibility index (Phi) is 5.63. The van der Waals surface area contributed by atoms with E-state index in [9.17, 15) is 18.0 Å². The highest BCUT2D eigenvalue weighted by Crippen LogP contribution is 2.42. The average molecular weight is 463 g/mol. The SMILES string of the molecule is COc1ccc(C(=O)COC(=O)c2ccc3c(c2)SC2=NS(=O)(=O)CCN23)c(OC)c1. The second kappa shape index (κ2) is 8.23. The number of nitrogens with zero attached hydrogens (tertiary/aromatic N) is 2. The molecule has 0 atom stereocenters. The fourth-order valence-corrected chi connectivity index (χ4v) is 5.47. The van der Waals surface area contributed by atoms with Crippen LogP contribution in [0.5, 0.6) is 11.5 Å². The van der Waals surface area contributed by atoms with E-state index in [2.05, 4.69) is 4.40 Å². The summed E-state index contributed by atoms with van der Waals surface area (Å²) < 4.78 is 42.7. The number of hydrogen-bond donors (Lipinski definition) is 0. The number of Topliss-reactive ketones (excluding diaryl/α,β-unsaturated/α-hetero) is 1. The van der Waals surface area contributed by atoms with E-state index >= 15 is 0 Å². The zero-order chi connectivity index (χ0) is 22.2. The molecule has 162 valence electrons. The van der Waals surface area contributed by atoms with Crippen molar-refractivity contribution >= 4 is 44.4 Å². The third kappa shape index (κ3) is 4.23. The molecule has 0 N–H and O–H groups in total. The minimum absolute atomic E-state index is 0.0583. The minimum atomic E-state index is -3.46. The van der Waals surface area contributed by atoms with E-state index in [-0.39, 0.29) is 16.9 Å². The Hall–Kier alpha value is -3.05. The van der Waals surface area contributed by atoms with Crippen LogP contribution in [0.15, 0.2) is 45.7 Å². The molecule has 2 heterocycles. The van der Waals surface area contributed by atoms with E-state index in [1.54, 1.807) is 41.3 Å². The van der Waals surface area contributed by atoms with Crippen LogP contribution in [0.25, 0.3) is 0 Å². The maximum absolute atomic E-state index is 12.5. The van der Waals surface area contributed by atoms with Crippen LogP contribution in [0.2, 0.25) is 0 Å². The number of carbonyl (C=O) groups is 2. The van der Waals surface area contributed by atoms with Gasteiger partial charge in [-0.05, 0) is 42.1 Å². The monoisotopic (exact) mass is 462 g/mol. The molecule has 11 heteroatoms. The molecule has 2 aliphatic rings. The van der Waals surface area contributed by atoms with Crippen molar-refractivity contribution in [2.45, 2.75) is 4.90 Å². The van der Waals surface area contributed by atoms with Gasteiger partial charge in [-0.25, -0.2) is 13.2 Å². The Balaban J connectivity index is 1.46. The minimum Gasteiger partial charge on any atom is -0.497 e. The predicted molar refractivity (Wildman–Crippen MR) is 115 cm³/mol. The number of ketones is 1. The van der Waals surface area contributed by atoms with Crippen molar-refractivity contribution in [2.24, 2.45) is 4.40 Å². The average Bonchev–Trinajstić information content (AvgIpc) is 3.11. The van der Waals surface area contributed by atoms with E-state index in [0.717, 1.165) is 5.69 Å². The molecule has 9 nitrogen and oxygen atoms in total. The van der Waals surface area contributed by atoms with Crippen molar-refractivity contribution in [3.8, 4) is 11.5 Å². The Morgan fingerprint density at radius 2 is 1.94 bits per heavy atom. The van der Waals surface area contributed by atoms with Gasteiger partial charge in [0, 0.05) is 17.5 Å². The summed E-state index contributed by atoms with van der Waals surface area (Å²) in [6, 6.07) is 9.64. The van der Waals surface area contributed by atoms with E-state index in [0.29, 0.717) is 28.1 Å². The molecule has 0 radical (unpaired) electrons. The fourth-order valence-electron chi connectivity index (χ4n) is 3.18. The molecule has 0 saturated heterocycles. The molecule has 2 aromatic rings. The Morgan fingerprint density at radius 1 is 1.13 bits per heavy atom. The zero-order valence-electron chi connectivity index (χ0n) is 16.7. The molecule has 0 bridgehead atoms. The number of anilines is 1. The summed E-state index contributed by atoms with van der Waals surface area (Å²) in [4.78, 5) is 27.5. The van der Waals surface area contributed by atoms with Gasteiger partial charge in [0.1, 0.15) is 11.5 Å². The third-order valence-electron chi connectivity index (χ3n) is 4.75. The Morgan fingerprint density at radius 3 is 2.68 bits per heavy atom. The van der Waals surface area contributed by atoms with E-state index < -0.39 is 28.4 Å². The summed E-state index contributed by atoms with van der Waals surface area (Å²) in [5.41, 5.74) is 1.31. The van der Waals surface area contributed by atoms with Crippen LogP contribution >= 0.6 is 11.8 Å². The lowest BCUT2D eigenvalue weighted by Crippen LogP contribution is -2.35. The standard InChI is InChI=1S/C20H18N2O7S2/c1-27-13-4-5-14(17(10-13)28-2)16(23)11-29-19(24)12-3-6-15-18(9-12)30-20-21-31(25,26)8-7-22(15)20/h3-6,9-10H,7-8,11H2,1-2H3. The van der Waals surface area contributed by atoms with Crippen LogP contribution in [0.1, 0.15) is 20.7 Å². The number of methoxy groups -OCH3 is 2. The van der Waals surface area contributed by atoms with Gasteiger partial charge < -0.3 is 19.1 Å². The van der Waals surface area contributed by atoms with Crippen molar-refractivity contribution in [1.29, 1.82) is 0 Å².